The fourth-order valence-corrected chi connectivity index (χ4v) is 2.57. The Morgan fingerprint density at radius 1 is 1.39 bits per heavy atom. The lowest BCUT2D eigenvalue weighted by Crippen LogP contribution is -2.37. The van der Waals surface area contributed by atoms with Gasteiger partial charge in [0, 0.05) is 18.6 Å². The van der Waals surface area contributed by atoms with Crippen molar-refractivity contribution in [1.29, 1.82) is 0 Å². The number of pyridine rings is 1. The Kier molecular flexibility index (Phi) is 4.23. The molecule has 0 amide bonds. The summed E-state index contributed by atoms with van der Waals surface area (Å²) in [5, 5.41) is 3.35. The molecule has 0 radical (unpaired) electrons. The minimum absolute atomic E-state index is 0.328. The van der Waals surface area contributed by atoms with Crippen molar-refractivity contribution in [3.8, 4) is 0 Å². The van der Waals surface area contributed by atoms with Gasteiger partial charge in [-0.1, -0.05) is 13.0 Å². The van der Waals surface area contributed by atoms with Crippen LogP contribution in [0.15, 0.2) is 18.2 Å². The lowest BCUT2D eigenvalue weighted by Gasteiger charge is -2.31. The monoisotopic (exact) mass is 247 g/mol. The van der Waals surface area contributed by atoms with Crippen LogP contribution in [0.5, 0.6) is 0 Å². The SMILES string of the molecule is CCCNc1cccc(CN2CCCC2(C)C)n1. The molecule has 0 bridgehead atoms. The van der Waals surface area contributed by atoms with Crippen LogP contribution in [0, 0.1) is 0 Å². The first-order valence-corrected chi connectivity index (χ1v) is 7.07. The smallest absolute Gasteiger partial charge is 0.126 e. The molecule has 1 aromatic rings. The molecule has 1 saturated heterocycles. The lowest BCUT2D eigenvalue weighted by atomic mass is 10.0. The highest BCUT2D eigenvalue weighted by atomic mass is 15.2. The van der Waals surface area contributed by atoms with Gasteiger partial charge in [0.25, 0.3) is 0 Å². The summed E-state index contributed by atoms with van der Waals surface area (Å²) in [5.41, 5.74) is 1.50. The summed E-state index contributed by atoms with van der Waals surface area (Å²) in [6, 6.07) is 6.28. The molecule has 100 valence electrons. The van der Waals surface area contributed by atoms with Gasteiger partial charge in [-0.25, -0.2) is 4.98 Å². The Hall–Kier alpha value is -1.09. The van der Waals surface area contributed by atoms with Crippen LogP contribution in [0.3, 0.4) is 0 Å². The molecule has 1 aromatic heterocycles. The fraction of sp³-hybridized carbons (Fsp3) is 0.667. The number of rotatable bonds is 5. The van der Waals surface area contributed by atoms with E-state index in [1.807, 2.05) is 6.07 Å². The first-order valence-electron chi connectivity index (χ1n) is 7.07. The molecule has 2 heterocycles. The van der Waals surface area contributed by atoms with Gasteiger partial charge in [-0.3, -0.25) is 4.90 Å². The summed E-state index contributed by atoms with van der Waals surface area (Å²) < 4.78 is 0. The molecule has 1 aliphatic rings. The average molecular weight is 247 g/mol. The Bertz CT molecular complexity index is 387. The van der Waals surface area contributed by atoms with Crippen molar-refractivity contribution < 1.29 is 0 Å². The maximum Gasteiger partial charge on any atom is 0.126 e. The second kappa shape index (κ2) is 5.70. The second-order valence-corrected chi connectivity index (χ2v) is 5.78. The Morgan fingerprint density at radius 3 is 2.89 bits per heavy atom. The fourth-order valence-electron chi connectivity index (χ4n) is 2.57. The summed E-state index contributed by atoms with van der Waals surface area (Å²) in [4.78, 5) is 7.23. The molecule has 1 fully saturated rings. The summed E-state index contributed by atoms with van der Waals surface area (Å²) >= 11 is 0. The highest BCUT2D eigenvalue weighted by Crippen LogP contribution is 2.29. The van der Waals surface area contributed by atoms with Crippen molar-refractivity contribution in [3.63, 3.8) is 0 Å². The van der Waals surface area contributed by atoms with E-state index in [0.717, 1.165) is 25.3 Å². The zero-order chi connectivity index (χ0) is 13.0. The van der Waals surface area contributed by atoms with Crippen LogP contribution in [0.25, 0.3) is 0 Å². The summed E-state index contributed by atoms with van der Waals surface area (Å²) in [6.07, 6.45) is 3.73. The summed E-state index contributed by atoms with van der Waals surface area (Å²) in [5.74, 6) is 1.01. The zero-order valence-electron chi connectivity index (χ0n) is 11.9. The van der Waals surface area contributed by atoms with E-state index in [4.69, 9.17) is 0 Å². The molecule has 0 unspecified atom stereocenters. The van der Waals surface area contributed by atoms with Crippen molar-refractivity contribution >= 4 is 5.82 Å². The molecule has 2 rings (SSSR count). The van der Waals surface area contributed by atoms with E-state index < -0.39 is 0 Å². The molecule has 1 aliphatic heterocycles. The number of nitrogens with one attached hydrogen (secondary N) is 1. The maximum atomic E-state index is 4.69. The first-order chi connectivity index (χ1) is 8.62. The molecular weight excluding hydrogens is 222 g/mol. The molecule has 0 saturated carbocycles. The lowest BCUT2D eigenvalue weighted by molar-refractivity contribution is 0.164. The third kappa shape index (κ3) is 3.22. The predicted molar refractivity (Wildman–Crippen MR) is 76.7 cm³/mol. The number of aromatic nitrogens is 1. The molecule has 0 spiro atoms. The molecule has 3 nitrogen and oxygen atoms in total. The highest BCUT2D eigenvalue weighted by Gasteiger charge is 2.31. The van der Waals surface area contributed by atoms with Crippen molar-refractivity contribution in [3.05, 3.63) is 23.9 Å². The van der Waals surface area contributed by atoms with Crippen LogP contribution in [0.4, 0.5) is 5.82 Å². The van der Waals surface area contributed by atoms with Gasteiger partial charge in [-0.05, 0) is 51.8 Å². The maximum absolute atomic E-state index is 4.69. The third-order valence-electron chi connectivity index (χ3n) is 3.79. The number of anilines is 1. The van der Waals surface area contributed by atoms with E-state index in [0.29, 0.717) is 5.54 Å². The summed E-state index contributed by atoms with van der Waals surface area (Å²) in [7, 11) is 0. The van der Waals surface area contributed by atoms with Crippen LogP contribution in [0.1, 0.15) is 45.7 Å². The summed E-state index contributed by atoms with van der Waals surface area (Å²) in [6.45, 7) is 9.99. The number of hydrogen-bond acceptors (Lipinski definition) is 3. The van der Waals surface area contributed by atoms with Gasteiger partial charge in [0.1, 0.15) is 5.82 Å². The van der Waals surface area contributed by atoms with E-state index in [1.54, 1.807) is 0 Å². The van der Waals surface area contributed by atoms with Gasteiger partial charge in [0.2, 0.25) is 0 Å². The Balaban J connectivity index is 2.00. The van der Waals surface area contributed by atoms with Crippen LogP contribution < -0.4 is 5.32 Å². The van der Waals surface area contributed by atoms with E-state index in [1.165, 1.54) is 25.1 Å². The molecular formula is C15H25N3. The Labute approximate surface area is 111 Å². The van der Waals surface area contributed by atoms with Gasteiger partial charge >= 0.3 is 0 Å². The van der Waals surface area contributed by atoms with E-state index in [-0.39, 0.29) is 0 Å². The molecule has 0 aliphatic carbocycles. The van der Waals surface area contributed by atoms with E-state index in [9.17, 15) is 0 Å². The topological polar surface area (TPSA) is 28.2 Å². The van der Waals surface area contributed by atoms with Crippen LogP contribution in [0.2, 0.25) is 0 Å². The first kappa shape index (κ1) is 13.3. The van der Waals surface area contributed by atoms with Gasteiger partial charge in [-0.15, -0.1) is 0 Å². The Morgan fingerprint density at radius 2 is 2.22 bits per heavy atom. The second-order valence-electron chi connectivity index (χ2n) is 5.78. The molecule has 18 heavy (non-hydrogen) atoms. The van der Waals surface area contributed by atoms with Crippen LogP contribution >= 0.6 is 0 Å². The van der Waals surface area contributed by atoms with Gasteiger partial charge in [0.05, 0.1) is 5.69 Å². The number of hydrogen-bond donors (Lipinski definition) is 1. The predicted octanol–water partition coefficient (Wildman–Crippen LogP) is 3.28. The molecule has 0 atom stereocenters. The van der Waals surface area contributed by atoms with Crippen molar-refractivity contribution in [2.45, 2.75) is 52.1 Å². The van der Waals surface area contributed by atoms with Crippen molar-refractivity contribution in [2.24, 2.45) is 0 Å². The minimum Gasteiger partial charge on any atom is -0.370 e. The molecule has 1 N–H and O–H groups in total. The van der Waals surface area contributed by atoms with Gasteiger partial charge < -0.3 is 5.32 Å². The van der Waals surface area contributed by atoms with Crippen LogP contribution in [-0.2, 0) is 6.54 Å². The largest absolute Gasteiger partial charge is 0.370 e. The van der Waals surface area contributed by atoms with Gasteiger partial charge in [0.15, 0.2) is 0 Å². The van der Waals surface area contributed by atoms with Crippen LogP contribution in [-0.4, -0.2) is 28.5 Å². The third-order valence-corrected chi connectivity index (χ3v) is 3.79. The van der Waals surface area contributed by atoms with Crippen molar-refractivity contribution in [1.82, 2.24) is 9.88 Å². The van der Waals surface area contributed by atoms with Crippen molar-refractivity contribution in [2.75, 3.05) is 18.4 Å². The molecule has 3 heteroatoms. The molecule has 0 aromatic carbocycles. The number of nitrogens with zero attached hydrogens (tertiary/aromatic N) is 2. The average Bonchev–Trinajstić information content (AvgIpc) is 2.67. The van der Waals surface area contributed by atoms with Gasteiger partial charge in [-0.2, -0.15) is 0 Å². The number of likely N-dealkylation sites (tertiary alicyclic amines) is 1. The minimum atomic E-state index is 0.328. The zero-order valence-corrected chi connectivity index (χ0v) is 11.9. The quantitative estimate of drug-likeness (QED) is 0.865. The normalized spacial score (nSPS) is 19.1. The van der Waals surface area contributed by atoms with E-state index >= 15 is 0 Å². The standard InChI is InChI=1S/C15H25N3/c1-4-10-16-14-8-5-7-13(17-14)12-18-11-6-9-15(18,2)3/h5,7-8H,4,6,9-12H2,1-3H3,(H,16,17). The highest BCUT2D eigenvalue weighted by molar-refractivity contribution is 5.35. The van der Waals surface area contributed by atoms with E-state index in [2.05, 4.69) is 48.1 Å².